The topological polar surface area (TPSA) is 87.7 Å². The number of nitrogens with zero attached hydrogens (tertiary/aromatic N) is 1. The lowest BCUT2D eigenvalue weighted by molar-refractivity contribution is -0.116. The number of ether oxygens (including phenoxy) is 1. The highest BCUT2D eigenvalue weighted by Crippen LogP contribution is 2.17. The first-order valence-corrected chi connectivity index (χ1v) is 11.2. The van der Waals surface area contributed by atoms with Gasteiger partial charge in [0.15, 0.2) is 0 Å². The zero-order valence-corrected chi connectivity index (χ0v) is 18.2. The molecule has 0 spiro atoms. The van der Waals surface area contributed by atoms with Crippen molar-refractivity contribution in [3.63, 3.8) is 0 Å². The van der Waals surface area contributed by atoms with Gasteiger partial charge in [-0.25, -0.2) is 9.18 Å². The van der Waals surface area contributed by atoms with Crippen molar-refractivity contribution in [3.05, 3.63) is 52.0 Å². The minimum absolute atomic E-state index is 0.120. The van der Waals surface area contributed by atoms with Crippen molar-refractivity contribution >= 4 is 34.9 Å². The first-order valence-electron chi connectivity index (χ1n) is 10.3. The van der Waals surface area contributed by atoms with Crippen molar-refractivity contribution in [2.75, 3.05) is 25.0 Å². The Bertz CT molecular complexity index is 911. The molecule has 0 saturated carbocycles. The number of hydrogen-bond acceptors (Lipinski definition) is 5. The van der Waals surface area contributed by atoms with Crippen molar-refractivity contribution < 1.29 is 23.5 Å². The minimum Gasteiger partial charge on any atom is -0.450 e. The van der Waals surface area contributed by atoms with Crippen LogP contribution in [-0.4, -0.2) is 48.5 Å². The fraction of sp³-hybridized carbons (Fsp3) is 0.409. The smallest absolute Gasteiger partial charge is 0.409 e. The van der Waals surface area contributed by atoms with E-state index >= 15 is 0 Å². The summed E-state index contributed by atoms with van der Waals surface area (Å²) in [6, 6.07) is 5.64. The highest BCUT2D eigenvalue weighted by molar-refractivity contribution is 7.07. The van der Waals surface area contributed by atoms with Crippen LogP contribution in [-0.2, 0) is 16.0 Å². The molecule has 1 fully saturated rings. The van der Waals surface area contributed by atoms with E-state index in [0.29, 0.717) is 39.0 Å². The Morgan fingerprint density at radius 1 is 1.23 bits per heavy atom. The number of carbonyl (C=O) groups is 3. The maximum Gasteiger partial charge on any atom is 0.409 e. The molecule has 0 unspecified atom stereocenters. The Balaban J connectivity index is 1.52. The van der Waals surface area contributed by atoms with Gasteiger partial charge in [-0.15, -0.1) is 0 Å². The summed E-state index contributed by atoms with van der Waals surface area (Å²) in [6.45, 7) is 3.04. The second kappa shape index (κ2) is 10.9. The third-order valence-electron chi connectivity index (χ3n) is 5.02. The molecule has 2 aromatic rings. The zero-order valence-electron chi connectivity index (χ0n) is 17.4. The summed E-state index contributed by atoms with van der Waals surface area (Å²) in [5, 5.41) is 9.47. The number of amides is 3. The first kappa shape index (κ1) is 22.7. The fourth-order valence-corrected chi connectivity index (χ4v) is 4.10. The molecular weight excluding hydrogens is 421 g/mol. The number of benzene rings is 1. The summed E-state index contributed by atoms with van der Waals surface area (Å²) in [5.41, 5.74) is 1.46. The van der Waals surface area contributed by atoms with E-state index in [1.807, 2.05) is 16.8 Å². The van der Waals surface area contributed by atoms with E-state index in [1.165, 1.54) is 12.1 Å². The molecule has 0 radical (unpaired) electrons. The third kappa shape index (κ3) is 6.78. The van der Waals surface area contributed by atoms with Crippen molar-refractivity contribution in [2.24, 2.45) is 0 Å². The van der Waals surface area contributed by atoms with Gasteiger partial charge in [0, 0.05) is 36.8 Å². The minimum atomic E-state index is -0.599. The molecule has 1 aliphatic rings. The molecule has 3 rings (SSSR count). The summed E-state index contributed by atoms with van der Waals surface area (Å²) < 4.78 is 19.0. The number of carbonyl (C=O) groups excluding carboxylic acids is 3. The van der Waals surface area contributed by atoms with Crippen molar-refractivity contribution in [2.45, 2.75) is 38.6 Å². The highest BCUT2D eigenvalue weighted by Gasteiger charge is 2.25. The number of hydrogen-bond donors (Lipinski definition) is 2. The number of halogens is 1. The van der Waals surface area contributed by atoms with Gasteiger partial charge in [0.1, 0.15) is 5.82 Å². The normalized spacial score (nSPS) is 14.2. The van der Waals surface area contributed by atoms with Crippen molar-refractivity contribution in [1.82, 2.24) is 10.2 Å². The number of aryl methyl sites for hydroxylation is 1. The largest absolute Gasteiger partial charge is 0.450 e. The van der Waals surface area contributed by atoms with E-state index in [1.54, 1.807) is 23.2 Å². The quantitative estimate of drug-likeness (QED) is 0.676. The predicted molar refractivity (Wildman–Crippen MR) is 117 cm³/mol. The van der Waals surface area contributed by atoms with Gasteiger partial charge in [-0.05, 0) is 66.8 Å². The van der Waals surface area contributed by atoms with Gasteiger partial charge in [0.2, 0.25) is 5.91 Å². The Morgan fingerprint density at radius 2 is 2.00 bits per heavy atom. The molecule has 3 amide bonds. The van der Waals surface area contributed by atoms with E-state index in [0.717, 1.165) is 11.6 Å². The molecule has 166 valence electrons. The molecule has 1 aromatic heterocycles. The predicted octanol–water partition coefficient (Wildman–Crippen LogP) is 3.81. The van der Waals surface area contributed by atoms with Crippen LogP contribution in [0.4, 0.5) is 14.9 Å². The van der Waals surface area contributed by atoms with Crippen LogP contribution >= 0.6 is 11.3 Å². The molecule has 9 heteroatoms. The number of rotatable bonds is 7. The molecular formula is C22H26FN3O4S. The summed E-state index contributed by atoms with van der Waals surface area (Å²) in [5.74, 6) is -1.25. The molecule has 7 nitrogen and oxygen atoms in total. The standard InChI is InChI=1S/C22H26FN3O4S/c1-2-30-22(29)26-8-5-18(6-9-26)25-21(28)16-11-17(23)13-19(12-16)24-20(27)4-3-15-7-10-31-14-15/h7,10-14,18H,2-6,8-9H2,1H3,(H,24,27)(H,25,28). The maximum absolute atomic E-state index is 14.1. The van der Waals surface area contributed by atoms with Crippen LogP contribution < -0.4 is 10.6 Å². The van der Waals surface area contributed by atoms with Gasteiger partial charge in [0.25, 0.3) is 5.91 Å². The van der Waals surface area contributed by atoms with Gasteiger partial charge in [0.05, 0.1) is 6.61 Å². The molecule has 2 N–H and O–H groups in total. The SMILES string of the molecule is CCOC(=O)N1CCC(NC(=O)c2cc(F)cc(NC(=O)CCc3ccsc3)c2)CC1. The van der Waals surface area contributed by atoms with Gasteiger partial charge in [-0.2, -0.15) is 11.3 Å². The molecule has 0 bridgehead atoms. The number of thiophene rings is 1. The lowest BCUT2D eigenvalue weighted by atomic mass is 10.0. The van der Waals surface area contributed by atoms with Crippen LogP contribution in [0.1, 0.15) is 42.1 Å². The van der Waals surface area contributed by atoms with Gasteiger partial charge in [-0.3, -0.25) is 9.59 Å². The highest BCUT2D eigenvalue weighted by atomic mass is 32.1. The van der Waals surface area contributed by atoms with Crippen LogP contribution in [0.2, 0.25) is 0 Å². The molecule has 2 heterocycles. The molecule has 0 aliphatic carbocycles. The number of nitrogens with one attached hydrogen (secondary N) is 2. The third-order valence-corrected chi connectivity index (χ3v) is 5.75. The Morgan fingerprint density at radius 3 is 2.68 bits per heavy atom. The Kier molecular flexibility index (Phi) is 8.00. The summed E-state index contributed by atoms with van der Waals surface area (Å²) >= 11 is 1.57. The summed E-state index contributed by atoms with van der Waals surface area (Å²) in [6.07, 6.45) is 1.70. The van der Waals surface area contributed by atoms with E-state index in [2.05, 4.69) is 10.6 Å². The lowest BCUT2D eigenvalue weighted by Crippen LogP contribution is -2.46. The monoisotopic (exact) mass is 447 g/mol. The second-order valence-corrected chi connectivity index (χ2v) is 8.12. The molecule has 1 aromatic carbocycles. The Hall–Kier alpha value is -2.94. The second-order valence-electron chi connectivity index (χ2n) is 7.34. The number of anilines is 1. The lowest BCUT2D eigenvalue weighted by Gasteiger charge is -2.31. The number of likely N-dealkylation sites (tertiary alicyclic amines) is 1. The molecule has 31 heavy (non-hydrogen) atoms. The summed E-state index contributed by atoms with van der Waals surface area (Å²) in [4.78, 5) is 38.2. The van der Waals surface area contributed by atoms with Crippen LogP contribution in [0.3, 0.4) is 0 Å². The zero-order chi connectivity index (χ0) is 22.2. The van der Waals surface area contributed by atoms with Gasteiger partial charge < -0.3 is 20.3 Å². The fourth-order valence-electron chi connectivity index (χ4n) is 3.40. The van der Waals surface area contributed by atoms with Crippen LogP contribution in [0.25, 0.3) is 0 Å². The summed E-state index contributed by atoms with van der Waals surface area (Å²) in [7, 11) is 0. The molecule has 1 aliphatic heterocycles. The van der Waals surface area contributed by atoms with Crippen molar-refractivity contribution in [1.29, 1.82) is 0 Å². The maximum atomic E-state index is 14.1. The Labute approximate surface area is 184 Å². The van der Waals surface area contributed by atoms with Crippen LogP contribution in [0.5, 0.6) is 0 Å². The molecule has 0 atom stereocenters. The van der Waals surface area contributed by atoms with E-state index in [9.17, 15) is 18.8 Å². The number of piperidine rings is 1. The van der Waals surface area contributed by atoms with Crippen molar-refractivity contribution in [3.8, 4) is 0 Å². The average Bonchev–Trinajstić information content (AvgIpc) is 3.26. The van der Waals surface area contributed by atoms with Crippen LogP contribution in [0.15, 0.2) is 35.0 Å². The average molecular weight is 448 g/mol. The van der Waals surface area contributed by atoms with Crippen LogP contribution in [0, 0.1) is 5.82 Å². The van der Waals surface area contributed by atoms with Gasteiger partial charge >= 0.3 is 6.09 Å². The van der Waals surface area contributed by atoms with Gasteiger partial charge in [-0.1, -0.05) is 0 Å². The molecule has 1 saturated heterocycles. The van der Waals surface area contributed by atoms with E-state index < -0.39 is 11.7 Å². The van der Waals surface area contributed by atoms with E-state index in [4.69, 9.17) is 4.74 Å². The first-order chi connectivity index (χ1) is 14.9. The van der Waals surface area contributed by atoms with E-state index in [-0.39, 0.29) is 35.7 Å².